The summed E-state index contributed by atoms with van der Waals surface area (Å²) in [6.07, 6.45) is 0. The lowest BCUT2D eigenvalue weighted by Gasteiger charge is -2.03. The molecule has 0 aliphatic rings. The first-order valence-corrected chi connectivity index (χ1v) is 8.77. The number of benzene rings is 2. The van der Waals surface area contributed by atoms with Crippen LogP contribution in [0, 0.1) is 0 Å². The minimum Gasteiger partial charge on any atom is -0.279 e. The zero-order chi connectivity index (χ0) is 17.7. The molecule has 23 heavy (non-hydrogen) atoms. The van der Waals surface area contributed by atoms with Crippen LogP contribution in [0.1, 0.15) is 0 Å². The average molecular weight is 368 g/mol. The summed E-state index contributed by atoms with van der Waals surface area (Å²) in [7, 11) is -9.18. The van der Waals surface area contributed by atoms with Crippen molar-refractivity contribution in [3.05, 3.63) is 60.7 Å². The van der Waals surface area contributed by atoms with Crippen LogP contribution in [0.5, 0.6) is 0 Å². The van der Waals surface area contributed by atoms with E-state index in [4.69, 9.17) is 13.0 Å². The monoisotopic (exact) mass is 368 g/mol. The summed E-state index contributed by atoms with van der Waals surface area (Å²) >= 11 is 0. The molecule has 5 nitrogen and oxygen atoms in total. The van der Waals surface area contributed by atoms with E-state index in [2.05, 4.69) is 0 Å². The third-order valence-electron chi connectivity index (χ3n) is 2.40. The first kappa shape index (κ1) is 19.1. The van der Waals surface area contributed by atoms with Crippen molar-refractivity contribution < 1.29 is 34.6 Å². The van der Waals surface area contributed by atoms with Gasteiger partial charge in [0.25, 0.3) is 0 Å². The van der Waals surface area contributed by atoms with Gasteiger partial charge in [0, 0.05) is 0 Å². The van der Waals surface area contributed by atoms with Crippen LogP contribution in [-0.2, 0) is 20.0 Å². The molecular weight excluding hydrogens is 357 g/mol. The van der Waals surface area contributed by atoms with Crippen LogP contribution >= 0.6 is 0 Å². The number of sulfone groups is 1. The lowest BCUT2D eigenvalue weighted by molar-refractivity contribution is -0.0510. The predicted molar refractivity (Wildman–Crippen MR) is 75.9 cm³/mol. The summed E-state index contributed by atoms with van der Waals surface area (Å²) in [6.45, 7) is 0. The lowest BCUT2D eigenvalue weighted by Crippen LogP contribution is -2.21. The topological polar surface area (TPSA) is 88.5 Å². The van der Waals surface area contributed by atoms with Crippen molar-refractivity contribution in [1.29, 1.82) is 0 Å². The van der Waals surface area contributed by atoms with Crippen molar-refractivity contribution in [2.75, 3.05) is 0 Å². The molecule has 0 unspecified atom stereocenters. The Kier molecular flexibility index (Phi) is 5.92. The van der Waals surface area contributed by atoms with Crippen molar-refractivity contribution in [3.8, 4) is 0 Å². The normalized spacial score (nSPS) is 12.2. The van der Waals surface area contributed by atoms with Crippen molar-refractivity contribution in [1.82, 2.24) is 0 Å². The zero-order valence-corrected chi connectivity index (χ0v) is 12.9. The summed E-state index contributed by atoms with van der Waals surface area (Å²) in [4.78, 5) is 0.660. The van der Waals surface area contributed by atoms with Crippen LogP contribution in [0.2, 0.25) is 0 Å². The van der Waals surface area contributed by atoms with Crippen LogP contribution < -0.4 is 0 Å². The maximum Gasteiger partial charge on any atom is 0.522 e. The molecule has 1 N–H and O–H groups in total. The van der Waals surface area contributed by atoms with E-state index in [0.29, 0.717) is 9.79 Å². The smallest absolute Gasteiger partial charge is 0.279 e. The van der Waals surface area contributed by atoms with Crippen molar-refractivity contribution in [3.63, 3.8) is 0 Å². The van der Waals surface area contributed by atoms with E-state index in [1.54, 1.807) is 60.7 Å². The van der Waals surface area contributed by atoms with Gasteiger partial charge in [-0.25, -0.2) is 8.42 Å². The predicted octanol–water partition coefficient (Wildman–Crippen LogP) is 2.91. The second kappa shape index (κ2) is 7.11. The molecule has 0 aromatic heterocycles. The van der Waals surface area contributed by atoms with Gasteiger partial charge in [-0.3, -0.25) is 4.55 Å². The highest BCUT2D eigenvalue weighted by molar-refractivity contribution is 7.91. The van der Waals surface area contributed by atoms with Crippen molar-refractivity contribution in [2.24, 2.45) is 0 Å². The molecule has 126 valence electrons. The molecule has 0 atom stereocenters. The van der Waals surface area contributed by atoms with E-state index in [0.717, 1.165) is 0 Å². The molecule has 0 aliphatic carbocycles. The molecule has 2 aromatic carbocycles. The Morgan fingerprint density at radius 3 is 1.17 bits per heavy atom. The molecule has 2 rings (SSSR count). The molecule has 0 amide bonds. The largest absolute Gasteiger partial charge is 0.522 e. The van der Waals surface area contributed by atoms with Gasteiger partial charge in [0.2, 0.25) is 9.84 Å². The summed E-state index contributed by atoms with van der Waals surface area (Å²) in [5.74, 6) is 0. The van der Waals surface area contributed by atoms with Crippen LogP contribution in [0.15, 0.2) is 70.5 Å². The van der Waals surface area contributed by atoms with Gasteiger partial charge >= 0.3 is 15.6 Å². The fourth-order valence-electron chi connectivity index (χ4n) is 1.34. The molecule has 10 heteroatoms. The molecule has 0 heterocycles. The number of halogens is 3. The standard InChI is InChI=1S/C12H10O2S.CHF3O3S/c13-15(14,11-7-3-1-4-8-11)12-9-5-2-6-10-12;2-1(3,4)8(5,6)7/h1-10H;(H,5,6,7). The van der Waals surface area contributed by atoms with Crippen LogP contribution in [0.25, 0.3) is 0 Å². The molecule has 0 aliphatic heterocycles. The van der Waals surface area contributed by atoms with Gasteiger partial charge < -0.3 is 0 Å². The lowest BCUT2D eigenvalue weighted by atomic mass is 10.4. The highest BCUT2D eigenvalue weighted by atomic mass is 32.2. The van der Waals surface area contributed by atoms with Crippen LogP contribution in [0.3, 0.4) is 0 Å². The highest BCUT2D eigenvalue weighted by Gasteiger charge is 2.44. The van der Waals surface area contributed by atoms with Crippen LogP contribution in [0.4, 0.5) is 13.2 Å². The van der Waals surface area contributed by atoms with E-state index in [-0.39, 0.29) is 0 Å². The van der Waals surface area contributed by atoms with Gasteiger partial charge in [-0.15, -0.1) is 0 Å². The third-order valence-corrected chi connectivity index (χ3v) is 4.77. The van der Waals surface area contributed by atoms with Crippen LogP contribution in [-0.4, -0.2) is 26.9 Å². The van der Waals surface area contributed by atoms with Gasteiger partial charge in [-0.1, -0.05) is 36.4 Å². The molecule has 0 fully saturated rings. The molecule has 0 saturated heterocycles. The fourth-order valence-corrected chi connectivity index (χ4v) is 2.64. The quantitative estimate of drug-likeness (QED) is 0.650. The molecular formula is C13H11F3O5S2. The summed E-state index contributed by atoms with van der Waals surface area (Å²) in [5, 5.41) is 0. The summed E-state index contributed by atoms with van der Waals surface area (Å²) in [6, 6.07) is 16.9. The number of alkyl halides is 3. The molecule has 0 bridgehead atoms. The Bertz CT molecular complexity index is 785. The van der Waals surface area contributed by atoms with Crippen molar-refractivity contribution in [2.45, 2.75) is 15.3 Å². The number of hydrogen-bond acceptors (Lipinski definition) is 4. The van der Waals surface area contributed by atoms with Gasteiger partial charge in [0.05, 0.1) is 9.79 Å². The van der Waals surface area contributed by atoms with Crippen molar-refractivity contribution >= 4 is 20.0 Å². The van der Waals surface area contributed by atoms with E-state index in [1.165, 1.54) is 0 Å². The van der Waals surface area contributed by atoms with Gasteiger partial charge in [-0.2, -0.15) is 21.6 Å². The zero-order valence-electron chi connectivity index (χ0n) is 11.3. The number of rotatable bonds is 2. The molecule has 0 spiro atoms. The maximum absolute atomic E-state index is 12.0. The minimum absolute atomic E-state index is 0.330. The van der Waals surface area contributed by atoms with E-state index in [1.807, 2.05) is 0 Å². The van der Waals surface area contributed by atoms with Gasteiger partial charge in [-0.05, 0) is 24.3 Å². The Hall–Kier alpha value is -1.91. The Balaban J connectivity index is 0.000000284. The van der Waals surface area contributed by atoms with E-state index >= 15 is 0 Å². The Labute approximate surface area is 131 Å². The molecule has 0 saturated carbocycles. The molecule has 0 radical (unpaired) electrons. The second-order valence-electron chi connectivity index (χ2n) is 4.05. The highest BCUT2D eigenvalue weighted by Crippen LogP contribution is 2.20. The first-order chi connectivity index (χ1) is 10.5. The summed E-state index contributed by atoms with van der Waals surface area (Å²) < 4.78 is 81.6. The molecule has 2 aromatic rings. The number of hydrogen-bond donors (Lipinski definition) is 1. The maximum atomic E-state index is 12.0. The SMILES string of the molecule is O=S(=O)(O)C(F)(F)F.O=S(=O)(c1ccccc1)c1ccccc1. The van der Waals surface area contributed by atoms with E-state index in [9.17, 15) is 21.6 Å². The third kappa shape index (κ3) is 5.34. The Morgan fingerprint density at radius 2 is 0.957 bits per heavy atom. The first-order valence-electron chi connectivity index (χ1n) is 5.85. The summed E-state index contributed by atoms with van der Waals surface area (Å²) in [5.41, 5.74) is -5.53. The average Bonchev–Trinajstić information content (AvgIpc) is 2.48. The fraction of sp³-hybridized carbons (Fsp3) is 0.0769. The van der Waals surface area contributed by atoms with Gasteiger partial charge in [0.15, 0.2) is 0 Å². The van der Waals surface area contributed by atoms with Gasteiger partial charge in [0.1, 0.15) is 0 Å². The Morgan fingerprint density at radius 1 is 0.696 bits per heavy atom. The second-order valence-corrected chi connectivity index (χ2v) is 7.41. The minimum atomic E-state index is -5.84. The van der Waals surface area contributed by atoms with E-state index < -0.39 is 25.5 Å².